The van der Waals surface area contributed by atoms with Gasteiger partial charge >= 0.3 is 11.8 Å². The molecule has 1 heterocycles. The van der Waals surface area contributed by atoms with Crippen molar-refractivity contribution in [2.45, 2.75) is 30.5 Å². The molecule has 6 nitrogen and oxygen atoms in total. The van der Waals surface area contributed by atoms with Gasteiger partial charge in [-0.1, -0.05) is 48.0 Å². The first-order valence-corrected chi connectivity index (χ1v) is 12.2. The van der Waals surface area contributed by atoms with Crippen LogP contribution in [0.5, 0.6) is 0 Å². The Morgan fingerprint density at radius 1 is 0.903 bits per heavy atom. The molecule has 0 saturated heterocycles. The lowest BCUT2D eigenvalue weighted by Crippen LogP contribution is -2.42. The van der Waals surface area contributed by atoms with Crippen LogP contribution < -0.4 is 10.6 Å². The molecule has 0 aliphatic carbocycles. The summed E-state index contributed by atoms with van der Waals surface area (Å²) in [6.45, 7) is 3.81. The highest BCUT2D eigenvalue weighted by molar-refractivity contribution is 7.91. The standard InChI is InChI=1S/C23H24N2O4S2/c1-16-9-11-19(12-10-16)31(28,29)21(20-8-5-13-30-20)15-25-23(27)22(26)24-14-18-7-4-3-6-17(18)2/h3-13,21H,14-15H2,1-2H3,(H,24,26)(H,25,27)/t21-/m1/s1. The van der Waals surface area contributed by atoms with Gasteiger partial charge in [-0.25, -0.2) is 8.42 Å². The number of carbonyl (C=O) groups excluding carboxylic acids is 2. The molecule has 0 bridgehead atoms. The number of sulfone groups is 1. The van der Waals surface area contributed by atoms with Crippen LogP contribution in [0.4, 0.5) is 0 Å². The number of nitrogens with one attached hydrogen (secondary N) is 2. The van der Waals surface area contributed by atoms with Crippen molar-refractivity contribution in [3.8, 4) is 0 Å². The number of aryl methyl sites for hydroxylation is 2. The average Bonchev–Trinajstić information content (AvgIpc) is 3.27. The summed E-state index contributed by atoms with van der Waals surface area (Å²) in [7, 11) is -3.76. The number of benzene rings is 2. The first-order chi connectivity index (χ1) is 14.8. The fourth-order valence-corrected chi connectivity index (χ4v) is 5.84. The molecule has 0 aliphatic heterocycles. The van der Waals surface area contributed by atoms with Crippen LogP contribution in [0.2, 0.25) is 0 Å². The molecule has 0 unspecified atom stereocenters. The van der Waals surface area contributed by atoms with Crippen LogP contribution in [0.15, 0.2) is 70.9 Å². The normalized spacial score (nSPS) is 12.2. The van der Waals surface area contributed by atoms with Crippen molar-refractivity contribution in [1.29, 1.82) is 0 Å². The third kappa shape index (κ3) is 5.59. The summed E-state index contributed by atoms with van der Waals surface area (Å²) in [5.74, 6) is -1.67. The van der Waals surface area contributed by atoms with Crippen molar-refractivity contribution < 1.29 is 18.0 Å². The van der Waals surface area contributed by atoms with Gasteiger partial charge in [0.25, 0.3) is 0 Å². The first-order valence-electron chi connectivity index (χ1n) is 9.73. The number of hydrogen-bond acceptors (Lipinski definition) is 5. The van der Waals surface area contributed by atoms with E-state index in [2.05, 4.69) is 10.6 Å². The number of rotatable bonds is 7. The highest BCUT2D eigenvalue weighted by atomic mass is 32.2. The summed E-state index contributed by atoms with van der Waals surface area (Å²) < 4.78 is 26.5. The Balaban J connectivity index is 1.69. The van der Waals surface area contributed by atoms with Gasteiger partial charge in [0.2, 0.25) is 0 Å². The van der Waals surface area contributed by atoms with Gasteiger partial charge in [-0.05, 0) is 48.6 Å². The molecule has 1 aromatic heterocycles. The van der Waals surface area contributed by atoms with E-state index in [4.69, 9.17) is 0 Å². The maximum Gasteiger partial charge on any atom is 0.309 e. The lowest BCUT2D eigenvalue weighted by atomic mass is 10.1. The number of thiophene rings is 1. The molecule has 3 aromatic rings. The SMILES string of the molecule is Cc1ccc(S(=O)(=O)[C@H](CNC(=O)C(=O)NCc2ccccc2C)c2cccs2)cc1. The number of hydrogen-bond donors (Lipinski definition) is 2. The first kappa shape index (κ1) is 22.7. The Morgan fingerprint density at radius 3 is 2.23 bits per heavy atom. The molecule has 162 valence electrons. The van der Waals surface area contributed by atoms with Gasteiger partial charge < -0.3 is 10.6 Å². The van der Waals surface area contributed by atoms with E-state index >= 15 is 0 Å². The molecule has 3 rings (SSSR count). The van der Waals surface area contributed by atoms with E-state index in [1.165, 1.54) is 11.3 Å². The summed E-state index contributed by atoms with van der Waals surface area (Å²) in [5, 5.41) is 5.86. The van der Waals surface area contributed by atoms with Crippen LogP contribution in [0.25, 0.3) is 0 Å². The van der Waals surface area contributed by atoms with Gasteiger partial charge in [0, 0.05) is 18.0 Å². The molecular weight excluding hydrogens is 432 g/mol. The van der Waals surface area contributed by atoms with E-state index in [9.17, 15) is 18.0 Å². The summed E-state index contributed by atoms with van der Waals surface area (Å²) in [5.41, 5.74) is 2.86. The Labute approximate surface area is 186 Å². The topological polar surface area (TPSA) is 92.3 Å². The van der Waals surface area contributed by atoms with E-state index in [-0.39, 0.29) is 18.0 Å². The fourth-order valence-electron chi connectivity index (χ4n) is 3.06. The molecule has 0 fully saturated rings. The molecule has 0 radical (unpaired) electrons. The van der Waals surface area contributed by atoms with E-state index in [1.807, 2.05) is 38.1 Å². The second-order valence-electron chi connectivity index (χ2n) is 7.18. The molecule has 8 heteroatoms. The van der Waals surface area contributed by atoms with Crippen LogP contribution in [0.3, 0.4) is 0 Å². The van der Waals surface area contributed by atoms with Crippen LogP contribution in [0.1, 0.15) is 26.8 Å². The quantitative estimate of drug-likeness (QED) is 0.534. The maximum atomic E-state index is 13.2. The summed E-state index contributed by atoms with van der Waals surface area (Å²) in [6, 6.07) is 17.6. The Hall–Kier alpha value is -2.97. The molecular formula is C23H24N2O4S2. The fraction of sp³-hybridized carbons (Fsp3) is 0.217. The van der Waals surface area contributed by atoms with Crippen molar-refractivity contribution in [3.63, 3.8) is 0 Å². The van der Waals surface area contributed by atoms with E-state index in [0.29, 0.717) is 4.88 Å². The lowest BCUT2D eigenvalue weighted by Gasteiger charge is -2.17. The van der Waals surface area contributed by atoms with Crippen molar-refractivity contribution >= 4 is 33.0 Å². The minimum absolute atomic E-state index is 0.176. The molecule has 0 saturated carbocycles. The molecule has 0 spiro atoms. The highest BCUT2D eigenvalue weighted by Gasteiger charge is 2.31. The molecule has 2 aromatic carbocycles. The third-order valence-electron chi connectivity index (χ3n) is 4.94. The Kier molecular flexibility index (Phi) is 7.25. The van der Waals surface area contributed by atoms with Crippen molar-refractivity contribution in [3.05, 3.63) is 87.6 Å². The van der Waals surface area contributed by atoms with Crippen LogP contribution in [-0.2, 0) is 26.0 Å². The van der Waals surface area contributed by atoms with Crippen molar-refractivity contribution in [2.75, 3.05) is 6.54 Å². The minimum atomic E-state index is -3.76. The largest absolute Gasteiger partial charge is 0.346 e. The minimum Gasteiger partial charge on any atom is -0.346 e. The maximum absolute atomic E-state index is 13.2. The summed E-state index contributed by atoms with van der Waals surface area (Å²) >= 11 is 1.29. The second-order valence-corrected chi connectivity index (χ2v) is 10.3. The zero-order chi connectivity index (χ0) is 22.4. The monoisotopic (exact) mass is 456 g/mol. The highest BCUT2D eigenvalue weighted by Crippen LogP contribution is 2.31. The zero-order valence-corrected chi connectivity index (χ0v) is 18.9. The van der Waals surface area contributed by atoms with Crippen molar-refractivity contribution in [1.82, 2.24) is 10.6 Å². The zero-order valence-electron chi connectivity index (χ0n) is 17.3. The lowest BCUT2D eigenvalue weighted by molar-refractivity contribution is -0.139. The second kappa shape index (κ2) is 9.89. The molecule has 2 N–H and O–H groups in total. The van der Waals surface area contributed by atoms with Gasteiger partial charge in [0.1, 0.15) is 5.25 Å². The number of carbonyl (C=O) groups is 2. The van der Waals surface area contributed by atoms with Gasteiger partial charge in [-0.15, -0.1) is 11.3 Å². The van der Waals surface area contributed by atoms with Crippen LogP contribution >= 0.6 is 11.3 Å². The Morgan fingerprint density at radius 2 is 1.58 bits per heavy atom. The predicted octanol–water partition coefficient (Wildman–Crippen LogP) is 3.31. The summed E-state index contributed by atoms with van der Waals surface area (Å²) in [4.78, 5) is 25.3. The van der Waals surface area contributed by atoms with Gasteiger partial charge in [0.05, 0.1) is 4.90 Å². The van der Waals surface area contributed by atoms with Gasteiger partial charge in [-0.2, -0.15) is 0 Å². The predicted molar refractivity (Wildman–Crippen MR) is 121 cm³/mol. The van der Waals surface area contributed by atoms with Crippen LogP contribution in [-0.4, -0.2) is 26.8 Å². The van der Waals surface area contributed by atoms with E-state index in [1.54, 1.807) is 41.8 Å². The molecule has 1 atom stereocenters. The van der Waals surface area contributed by atoms with Gasteiger partial charge in [0.15, 0.2) is 9.84 Å². The van der Waals surface area contributed by atoms with Crippen molar-refractivity contribution in [2.24, 2.45) is 0 Å². The van der Waals surface area contributed by atoms with E-state index < -0.39 is 26.9 Å². The third-order valence-corrected chi connectivity index (χ3v) is 8.17. The average molecular weight is 457 g/mol. The Bertz CT molecular complexity index is 1150. The number of amides is 2. The van der Waals surface area contributed by atoms with Gasteiger partial charge in [-0.3, -0.25) is 9.59 Å². The smallest absolute Gasteiger partial charge is 0.309 e. The molecule has 0 aliphatic rings. The van der Waals surface area contributed by atoms with E-state index in [0.717, 1.165) is 16.7 Å². The summed E-state index contributed by atoms with van der Waals surface area (Å²) in [6.07, 6.45) is 0. The van der Waals surface area contributed by atoms with Crippen LogP contribution in [0, 0.1) is 13.8 Å². The molecule has 2 amide bonds. The molecule has 31 heavy (non-hydrogen) atoms.